The Hall–Kier alpha value is -5.67. The molecular weight excluding hydrogens is 583 g/mol. The first-order valence-corrected chi connectivity index (χ1v) is 16.5. The van der Waals surface area contributed by atoms with E-state index in [0.29, 0.717) is 17.5 Å². The lowest BCUT2D eigenvalue weighted by Gasteiger charge is -2.12. The summed E-state index contributed by atoms with van der Waals surface area (Å²) in [5.41, 5.74) is 17.6. The van der Waals surface area contributed by atoms with Gasteiger partial charge in [0.25, 0.3) is 0 Å². The van der Waals surface area contributed by atoms with Crippen molar-refractivity contribution in [3.63, 3.8) is 0 Å². The SMILES string of the molecule is Cc1ccc(C)c(-c2ccc(-c3nc(-c4ccc(-c5cc(C)ccc5C)cc4)nc(-c4ccc(-c5cc(C)ccc5C)cc4)n3)cc2)c1. The highest BCUT2D eigenvalue weighted by molar-refractivity contribution is 5.75. The summed E-state index contributed by atoms with van der Waals surface area (Å²) in [5.74, 6) is 1.96. The molecule has 0 atom stereocenters. The number of hydrogen-bond donors (Lipinski definition) is 0. The Morgan fingerprint density at radius 3 is 0.750 bits per heavy atom. The predicted octanol–water partition coefficient (Wildman–Crippen LogP) is 11.7. The Kier molecular flexibility index (Phi) is 8.29. The van der Waals surface area contributed by atoms with Gasteiger partial charge in [0.05, 0.1) is 0 Å². The van der Waals surface area contributed by atoms with E-state index in [1.54, 1.807) is 0 Å². The number of rotatable bonds is 6. The maximum absolute atomic E-state index is 5.03. The first kappa shape index (κ1) is 31.0. The first-order valence-electron chi connectivity index (χ1n) is 16.5. The third-order valence-corrected chi connectivity index (χ3v) is 9.18. The van der Waals surface area contributed by atoms with Crippen LogP contribution in [0.3, 0.4) is 0 Å². The molecule has 7 aromatic rings. The van der Waals surface area contributed by atoms with Crippen LogP contribution in [-0.2, 0) is 0 Å². The zero-order chi connectivity index (χ0) is 33.4. The second-order valence-electron chi connectivity index (χ2n) is 13.0. The second kappa shape index (κ2) is 12.8. The molecule has 7 rings (SSSR count). The number of nitrogens with zero attached hydrogens (tertiary/aromatic N) is 3. The van der Waals surface area contributed by atoms with Crippen LogP contribution in [0.1, 0.15) is 33.4 Å². The molecule has 0 aliphatic carbocycles. The minimum atomic E-state index is 0.653. The molecule has 0 aliphatic rings. The average Bonchev–Trinajstić information content (AvgIpc) is 3.11. The van der Waals surface area contributed by atoms with Crippen LogP contribution in [0, 0.1) is 41.5 Å². The number of aryl methyl sites for hydroxylation is 6. The molecule has 0 spiro atoms. The summed E-state index contributed by atoms with van der Waals surface area (Å²) >= 11 is 0. The minimum Gasteiger partial charge on any atom is -0.208 e. The highest BCUT2D eigenvalue weighted by atomic mass is 15.0. The van der Waals surface area contributed by atoms with Crippen molar-refractivity contribution >= 4 is 0 Å². The van der Waals surface area contributed by atoms with Gasteiger partial charge in [-0.25, -0.2) is 15.0 Å². The summed E-state index contributed by atoms with van der Waals surface area (Å²) < 4.78 is 0. The van der Waals surface area contributed by atoms with Crippen molar-refractivity contribution in [1.82, 2.24) is 15.0 Å². The monoisotopic (exact) mass is 621 g/mol. The summed E-state index contributed by atoms with van der Waals surface area (Å²) in [6.07, 6.45) is 0. The highest BCUT2D eigenvalue weighted by Crippen LogP contribution is 2.32. The van der Waals surface area contributed by atoms with Crippen molar-refractivity contribution in [2.75, 3.05) is 0 Å². The van der Waals surface area contributed by atoms with E-state index >= 15 is 0 Å². The Bertz CT molecular complexity index is 1990. The summed E-state index contributed by atoms with van der Waals surface area (Å²) in [6.45, 7) is 12.9. The predicted molar refractivity (Wildman–Crippen MR) is 201 cm³/mol. The summed E-state index contributed by atoms with van der Waals surface area (Å²) in [6, 6.07) is 45.4. The van der Waals surface area contributed by atoms with E-state index in [9.17, 15) is 0 Å². The fraction of sp³-hybridized carbons (Fsp3) is 0.133. The van der Waals surface area contributed by atoms with E-state index in [-0.39, 0.29) is 0 Å². The van der Waals surface area contributed by atoms with Gasteiger partial charge in [-0.15, -0.1) is 0 Å². The molecule has 0 fully saturated rings. The molecule has 6 aromatic carbocycles. The zero-order valence-corrected chi connectivity index (χ0v) is 28.5. The molecule has 1 heterocycles. The first-order chi connectivity index (χ1) is 23.2. The van der Waals surface area contributed by atoms with Crippen LogP contribution >= 0.6 is 0 Å². The van der Waals surface area contributed by atoms with Gasteiger partial charge in [0.15, 0.2) is 17.5 Å². The zero-order valence-electron chi connectivity index (χ0n) is 28.5. The Balaban J connectivity index is 1.30. The van der Waals surface area contributed by atoms with Gasteiger partial charge in [0.2, 0.25) is 0 Å². The average molecular weight is 622 g/mol. The van der Waals surface area contributed by atoms with Crippen molar-refractivity contribution in [3.8, 4) is 67.5 Å². The smallest absolute Gasteiger partial charge is 0.164 e. The summed E-state index contributed by atoms with van der Waals surface area (Å²) in [7, 11) is 0. The van der Waals surface area contributed by atoms with Gasteiger partial charge in [0, 0.05) is 16.7 Å². The molecule has 48 heavy (non-hydrogen) atoms. The van der Waals surface area contributed by atoms with Gasteiger partial charge in [-0.1, -0.05) is 144 Å². The lowest BCUT2D eigenvalue weighted by Crippen LogP contribution is -2.00. The molecule has 234 valence electrons. The molecule has 0 saturated heterocycles. The maximum Gasteiger partial charge on any atom is 0.164 e. The van der Waals surface area contributed by atoms with Crippen LogP contribution in [0.2, 0.25) is 0 Å². The molecule has 0 N–H and O–H groups in total. The molecule has 0 radical (unpaired) electrons. The molecule has 3 nitrogen and oxygen atoms in total. The Morgan fingerprint density at radius 1 is 0.271 bits per heavy atom. The van der Waals surface area contributed by atoms with Crippen molar-refractivity contribution in [3.05, 3.63) is 161 Å². The summed E-state index contributed by atoms with van der Waals surface area (Å²) in [4.78, 5) is 15.1. The van der Waals surface area contributed by atoms with Crippen molar-refractivity contribution in [2.24, 2.45) is 0 Å². The number of hydrogen-bond acceptors (Lipinski definition) is 3. The lowest BCUT2D eigenvalue weighted by molar-refractivity contribution is 1.07. The molecule has 3 heteroatoms. The number of aromatic nitrogens is 3. The van der Waals surface area contributed by atoms with Crippen LogP contribution < -0.4 is 0 Å². The quantitative estimate of drug-likeness (QED) is 0.185. The number of benzene rings is 6. The Morgan fingerprint density at radius 2 is 0.500 bits per heavy atom. The van der Waals surface area contributed by atoms with Crippen LogP contribution in [0.5, 0.6) is 0 Å². The largest absolute Gasteiger partial charge is 0.208 e. The Labute approximate surface area is 284 Å². The maximum atomic E-state index is 5.03. The molecule has 0 amide bonds. The van der Waals surface area contributed by atoms with E-state index < -0.39 is 0 Å². The second-order valence-corrected chi connectivity index (χ2v) is 13.0. The lowest BCUT2D eigenvalue weighted by atomic mass is 9.97. The normalized spacial score (nSPS) is 11.1. The molecular formula is C45H39N3. The van der Waals surface area contributed by atoms with Crippen LogP contribution in [0.25, 0.3) is 67.5 Å². The third kappa shape index (κ3) is 6.32. The van der Waals surface area contributed by atoms with E-state index in [4.69, 9.17) is 15.0 Å². The van der Waals surface area contributed by atoms with Crippen LogP contribution in [0.4, 0.5) is 0 Å². The van der Waals surface area contributed by atoms with Crippen molar-refractivity contribution < 1.29 is 0 Å². The molecule has 1 aromatic heterocycles. The molecule has 0 saturated carbocycles. The highest BCUT2D eigenvalue weighted by Gasteiger charge is 2.14. The van der Waals surface area contributed by atoms with Crippen molar-refractivity contribution in [1.29, 1.82) is 0 Å². The van der Waals surface area contributed by atoms with Gasteiger partial charge < -0.3 is 0 Å². The topological polar surface area (TPSA) is 38.7 Å². The molecule has 0 unspecified atom stereocenters. The van der Waals surface area contributed by atoms with Crippen LogP contribution in [-0.4, -0.2) is 15.0 Å². The van der Waals surface area contributed by atoms with Crippen molar-refractivity contribution in [2.45, 2.75) is 41.5 Å². The van der Waals surface area contributed by atoms with Gasteiger partial charge >= 0.3 is 0 Å². The van der Waals surface area contributed by atoms with Gasteiger partial charge in [-0.3, -0.25) is 0 Å². The minimum absolute atomic E-state index is 0.653. The third-order valence-electron chi connectivity index (χ3n) is 9.18. The molecule has 0 bridgehead atoms. The van der Waals surface area contributed by atoms with Crippen LogP contribution in [0.15, 0.2) is 127 Å². The van der Waals surface area contributed by atoms with Gasteiger partial charge in [-0.05, 0) is 91.6 Å². The van der Waals surface area contributed by atoms with Gasteiger partial charge in [-0.2, -0.15) is 0 Å². The van der Waals surface area contributed by atoms with E-state index in [0.717, 1.165) is 16.7 Å². The molecule has 0 aliphatic heterocycles. The van der Waals surface area contributed by atoms with E-state index in [2.05, 4.69) is 169 Å². The fourth-order valence-corrected chi connectivity index (χ4v) is 6.30. The van der Waals surface area contributed by atoms with E-state index in [1.165, 1.54) is 66.8 Å². The standard InChI is InChI=1S/C45H39N3/c1-28-7-10-31(4)40(25-28)34-13-19-37(20-14-34)43-46-44(38-21-15-35(16-22-38)41-26-29(2)8-11-32(41)5)48-45(47-43)39-23-17-36(18-24-39)42-27-30(3)9-12-33(42)6/h7-27H,1-6H3. The van der Waals surface area contributed by atoms with Gasteiger partial charge in [0.1, 0.15) is 0 Å². The van der Waals surface area contributed by atoms with E-state index in [1.807, 2.05) is 0 Å². The summed E-state index contributed by atoms with van der Waals surface area (Å²) in [5, 5.41) is 0. The fourth-order valence-electron chi connectivity index (χ4n) is 6.30.